The second-order valence-corrected chi connectivity index (χ2v) is 11.1. The number of amidine groups is 1. The summed E-state index contributed by atoms with van der Waals surface area (Å²) in [5.41, 5.74) is 8.86. The van der Waals surface area contributed by atoms with E-state index in [4.69, 9.17) is 22.7 Å². The molecule has 15 heteroatoms. The van der Waals surface area contributed by atoms with E-state index in [1.807, 2.05) is 24.1 Å². The van der Waals surface area contributed by atoms with Crippen LogP contribution in [0.5, 0.6) is 0 Å². The highest BCUT2D eigenvalue weighted by atomic mass is 35.5. The van der Waals surface area contributed by atoms with Gasteiger partial charge >= 0.3 is 0 Å². The SMILES string of the molecule is CN(CCCl)c1ccc(C(=O)Nc2cc(C(=O)Nc3cc(C(=O)Nc4cc(C(=O)NCCC(=N)N)n(C)c4)n(C)c3)n(C)c2)cc1. The van der Waals surface area contributed by atoms with Gasteiger partial charge < -0.3 is 45.6 Å². The molecule has 0 aliphatic heterocycles. The highest BCUT2D eigenvalue weighted by Gasteiger charge is 2.19. The van der Waals surface area contributed by atoms with Crippen LogP contribution in [0.1, 0.15) is 48.2 Å². The van der Waals surface area contributed by atoms with Gasteiger partial charge in [0.1, 0.15) is 17.1 Å². The van der Waals surface area contributed by atoms with E-state index < -0.39 is 11.8 Å². The number of aryl methyl sites for hydroxylation is 3. The van der Waals surface area contributed by atoms with Gasteiger partial charge in [-0.1, -0.05) is 0 Å². The van der Waals surface area contributed by atoms with Gasteiger partial charge in [0.05, 0.1) is 22.9 Å². The average Bonchev–Trinajstić information content (AvgIpc) is 3.68. The molecule has 0 fully saturated rings. The van der Waals surface area contributed by atoms with Crippen molar-refractivity contribution >= 4 is 63.8 Å². The number of anilines is 4. The Kier molecular flexibility index (Phi) is 10.5. The number of nitrogens with one attached hydrogen (secondary N) is 5. The van der Waals surface area contributed by atoms with Crippen molar-refractivity contribution in [1.29, 1.82) is 5.41 Å². The lowest BCUT2D eigenvalue weighted by molar-refractivity contribution is 0.0944. The topological polar surface area (TPSA) is 184 Å². The maximum absolute atomic E-state index is 13.1. The van der Waals surface area contributed by atoms with Gasteiger partial charge in [0.2, 0.25) is 0 Å². The number of hydrogen-bond acceptors (Lipinski definition) is 6. The van der Waals surface area contributed by atoms with Crippen molar-refractivity contribution in [2.75, 3.05) is 46.9 Å². The normalized spacial score (nSPS) is 10.7. The largest absolute Gasteiger partial charge is 0.388 e. The maximum Gasteiger partial charge on any atom is 0.272 e. The number of carbonyl (C=O) groups excluding carboxylic acids is 4. The van der Waals surface area contributed by atoms with Gasteiger partial charge in [-0.2, -0.15) is 0 Å². The van der Waals surface area contributed by atoms with Crippen molar-refractivity contribution in [1.82, 2.24) is 19.0 Å². The second kappa shape index (κ2) is 14.5. The minimum Gasteiger partial charge on any atom is -0.388 e. The number of benzene rings is 1. The van der Waals surface area contributed by atoms with E-state index in [0.717, 1.165) is 5.69 Å². The number of alkyl halides is 1. The minimum atomic E-state index is -0.445. The van der Waals surface area contributed by atoms with E-state index in [1.165, 1.54) is 12.1 Å². The Labute approximate surface area is 271 Å². The Morgan fingerprint density at radius 1 is 0.761 bits per heavy atom. The van der Waals surface area contributed by atoms with Gasteiger partial charge in [0, 0.05) is 83.4 Å². The number of rotatable bonds is 13. The highest BCUT2D eigenvalue weighted by molar-refractivity contribution is 6.18. The van der Waals surface area contributed by atoms with Crippen LogP contribution in [0.15, 0.2) is 61.1 Å². The molecule has 3 aromatic heterocycles. The minimum absolute atomic E-state index is 0.0272. The third kappa shape index (κ3) is 8.15. The number of aromatic nitrogens is 3. The number of hydrogen-bond donors (Lipinski definition) is 6. The highest BCUT2D eigenvalue weighted by Crippen LogP contribution is 2.21. The first-order valence-electron chi connectivity index (χ1n) is 14.3. The zero-order chi connectivity index (χ0) is 33.5. The Balaban J connectivity index is 1.37. The maximum atomic E-state index is 13.1. The molecule has 242 valence electrons. The molecule has 0 saturated heterocycles. The summed E-state index contributed by atoms with van der Waals surface area (Å²) in [4.78, 5) is 53.5. The fourth-order valence-corrected chi connectivity index (χ4v) is 4.95. The molecule has 0 atom stereocenters. The Morgan fingerprint density at radius 2 is 1.20 bits per heavy atom. The summed E-state index contributed by atoms with van der Waals surface area (Å²) < 4.78 is 4.73. The Morgan fingerprint density at radius 3 is 1.63 bits per heavy atom. The second-order valence-electron chi connectivity index (χ2n) is 10.7. The van der Waals surface area contributed by atoms with Crippen LogP contribution < -0.4 is 31.9 Å². The summed E-state index contributed by atoms with van der Waals surface area (Å²) in [6.45, 7) is 0.904. The van der Waals surface area contributed by atoms with Gasteiger partial charge in [0.15, 0.2) is 0 Å². The first-order valence-corrected chi connectivity index (χ1v) is 14.8. The molecule has 0 aliphatic carbocycles. The molecular weight excluding hydrogens is 612 g/mol. The van der Waals surface area contributed by atoms with Gasteiger partial charge in [-0.05, 0) is 42.5 Å². The van der Waals surface area contributed by atoms with E-state index in [2.05, 4.69) is 21.3 Å². The number of nitrogens with zero attached hydrogens (tertiary/aromatic N) is 4. The van der Waals surface area contributed by atoms with Gasteiger partial charge in [-0.25, -0.2) is 0 Å². The van der Waals surface area contributed by atoms with Crippen LogP contribution in [-0.4, -0.2) is 69.2 Å². The first-order chi connectivity index (χ1) is 21.9. The molecule has 0 saturated carbocycles. The van der Waals surface area contributed by atoms with E-state index >= 15 is 0 Å². The van der Waals surface area contributed by atoms with Gasteiger partial charge in [-0.15, -0.1) is 11.6 Å². The summed E-state index contributed by atoms with van der Waals surface area (Å²) >= 11 is 5.81. The number of nitrogens with two attached hydrogens (primary N) is 1. The quantitative estimate of drug-likeness (QED) is 0.0734. The van der Waals surface area contributed by atoms with Crippen molar-refractivity contribution in [3.8, 4) is 0 Å². The standard InChI is InChI=1S/C31H37ClN10O4/c1-39(12-10-32)23-7-5-19(6-8-23)28(43)36-20-14-25(41(3)16-20)30(45)38-22-15-26(42(4)18-22)31(46)37-21-13-24(40(2)17-21)29(44)35-11-9-27(33)34/h5-8,13-18H,9-12H2,1-4H3,(H3,33,34)(H,35,44)(H,36,43)(H,37,46)(H,38,45). The average molecular weight is 649 g/mol. The summed E-state index contributed by atoms with van der Waals surface area (Å²) in [6, 6.07) is 11.8. The number of carbonyl (C=O) groups is 4. The smallest absolute Gasteiger partial charge is 0.272 e. The van der Waals surface area contributed by atoms with Crippen LogP contribution in [0.25, 0.3) is 0 Å². The molecule has 1 aromatic carbocycles. The zero-order valence-corrected chi connectivity index (χ0v) is 26.7. The van der Waals surface area contributed by atoms with Crippen molar-refractivity contribution in [2.45, 2.75) is 6.42 Å². The molecule has 7 N–H and O–H groups in total. The van der Waals surface area contributed by atoms with Crippen molar-refractivity contribution in [3.05, 3.63) is 83.7 Å². The molecule has 0 radical (unpaired) electrons. The number of amides is 4. The lowest BCUT2D eigenvalue weighted by Gasteiger charge is -2.17. The lowest BCUT2D eigenvalue weighted by atomic mass is 10.2. The molecule has 46 heavy (non-hydrogen) atoms. The van der Waals surface area contributed by atoms with Crippen molar-refractivity contribution < 1.29 is 19.2 Å². The monoisotopic (exact) mass is 648 g/mol. The molecule has 0 bridgehead atoms. The van der Waals surface area contributed by atoms with Crippen molar-refractivity contribution in [3.63, 3.8) is 0 Å². The summed E-state index contributed by atoms with van der Waals surface area (Å²) in [7, 11) is 6.95. The van der Waals surface area contributed by atoms with Crippen LogP contribution in [0.3, 0.4) is 0 Å². The third-order valence-electron chi connectivity index (χ3n) is 7.16. The van der Waals surface area contributed by atoms with E-state index in [9.17, 15) is 19.2 Å². The van der Waals surface area contributed by atoms with Crippen LogP contribution in [0, 0.1) is 5.41 Å². The van der Waals surface area contributed by atoms with Crippen LogP contribution >= 0.6 is 11.6 Å². The molecular formula is C31H37ClN10O4. The lowest BCUT2D eigenvalue weighted by Crippen LogP contribution is -2.28. The molecule has 4 amide bonds. The first kappa shape index (κ1) is 33.4. The van der Waals surface area contributed by atoms with Gasteiger partial charge in [-0.3, -0.25) is 24.6 Å². The fraction of sp³-hybridized carbons (Fsp3) is 0.258. The summed E-state index contributed by atoms with van der Waals surface area (Å²) in [6.07, 6.45) is 5.08. The number of halogens is 1. The predicted molar refractivity (Wildman–Crippen MR) is 179 cm³/mol. The third-order valence-corrected chi connectivity index (χ3v) is 7.33. The molecule has 0 spiro atoms. The molecule has 0 unspecified atom stereocenters. The van der Waals surface area contributed by atoms with Gasteiger partial charge in [0.25, 0.3) is 23.6 Å². The molecule has 4 aromatic rings. The van der Waals surface area contributed by atoms with E-state index in [0.29, 0.717) is 46.4 Å². The van der Waals surface area contributed by atoms with Crippen molar-refractivity contribution in [2.24, 2.45) is 26.9 Å². The molecule has 0 aliphatic rings. The predicted octanol–water partition coefficient (Wildman–Crippen LogP) is 3.19. The van der Waals surface area contributed by atoms with Crippen LogP contribution in [0.4, 0.5) is 22.7 Å². The van der Waals surface area contributed by atoms with Crippen LogP contribution in [-0.2, 0) is 21.1 Å². The summed E-state index contributed by atoms with van der Waals surface area (Å²) in [5.74, 6) is -1.10. The fourth-order valence-electron chi connectivity index (χ4n) is 4.69. The van der Waals surface area contributed by atoms with Crippen LogP contribution in [0.2, 0.25) is 0 Å². The zero-order valence-electron chi connectivity index (χ0n) is 26.0. The molecule has 4 rings (SSSR count). The Bertz CT molecular complexity index is 1770. The summed E-state index contributed by atoms with van der Waals surface area (Å²) in [5, 5.41) is 18.3. The van der Waals surface area contributed by atoms with E-state index in [1.54, 1.807) is 71.6 Å². The Hall–Kier alpha value is -5.50. The molecule has 3 heterocycles. The van der Waals surface area contributed by atoms with E-state index in [-0.39, 0.29) is 36.3 Å². The molecule has 14 nitrogen and oxygen atoms in total.